The van der Waals surface area contributed by atoms with Crippen molar-refractivity contribution in [2.45, 2.75) is 18.2 Å². The molecule has 37 heavy (non-hydrogen) atoms. The molecule has 9 heteroatoms. The fraction of sp³-hybridized carbons (Fsp3) is 0.143. The van der Waals surface area contributed by atoms with Gasteiger partial charge in [-0.3, -0.25) is 14.1 Å². The van der Waals surface area contributed by atoms with Crippen molar-refractivity contribution < 1.29 is 17.9 Å². The maximum atomic E-state index is 13.5. The lowest BCUT2D eigenvalue weighted by atomic mass is 10.1. The van der Waals surface area contributed by atoms with Crippen molar-refractivity contribution in [1.82, 2.24) is 4.98 Å². The number of ether oxygens (including phenoxy) is 1. The lowest BCUT2D eigenvalue weighted by Gasteiger charge is -2.24. The fourth-order valence-corrected chi connectivity index (χ4v) is 5.24. The zero-order chi connectivity index (χ0) is 26.3. The van der Waals surface area contributed by atoms with E-state index < -0.39 is 22.5 Å². The summed E-state index contributed by atoms with van der Waals surface area (Å²) in [5.41, 5.74) is 3.11. The van der Waals surface area contributed by atoms with Gasteiger partial charge in [0.25, 0.3) is 10.0 Å². The number of pyridine rings is 1. The van der Waals surface area contributed by atoms with Crippen molar-refractivity contribution in [2.24, 2.45) is 0 Å². The van der Waals surface area contributed by atoms with Crippen LogP contribution >= 0.6 is 11.6 Å². The van der Waals surface area contributed by atoms with Crippen LogP contribution in [0.1, 0.15) is 18.1 Å². The van der Waals surface area contributed by atoms with Crippen LogP contribution in [-0.4, -0.2) is 32.5 Å². The van der Waals surface area contributed by atoms with Crippen LogP contribution in [0.15, 0.2) is 102 Å². The maximum absolute atomic E-state index is 13.5. The average molecular weight is 536 g/mol. The molecule has 1 N–H and O–H groups in total. The third-order valence-electron chi connectivity index (χ3n) is 5.52. The van der Waals surface area contributed by atoms with Gasteiger partial charge in [-0.25, -0.2) is 8.42 Å². The van der Waals surface area contributed by atoms with E-state index in [2.05, 4.69) is 10.3 Å². The van der Waals surface area contributed by atoms with Crippen LogP contribution in [0, 0.1) is 0 Å². The Bertz CT molecular complexity index is 1430. The largest absolute Gasteiger partial charge is 0.494 e. The van der Waals surface area contributed by atoms with Crippen molar-refractivity contribution in [3.05, 3.63) is 113 Å². The number of aromatic nitrogens is 1. The SMILES string of the molecule is CCOc1ccc(N(CC(=O)Nc2ccc(Cc3ccncc3)cc2)S(=O)(=O)c2ccc(Cl)cc2)cc1. The van der Waals surface area contributed by atoms with E-state index in [1.807, 2.05) is 31.2 Å². The molecule has 0 bridgehead atoms. The average Bonchev–Trinajstić information content (AvgIpc) is 2.90. The highest BCUT2D eigenvalue weighted by molar-refractivity contribution is 7.92. The van der Waals surface area contributed by atoms with Gasteiger partial charge in [-0.15, -0.1) is 0 Å². The van der Waals surface area contributed by atoms with Crippen molar-refractivity contribution >= 4 is 38.9 Å². The fourth-order valence-electron chi connectivity index (χ4n) is 3.70. The highest BCUT2D eigenvalue weighted by Gasteiger charge is 2.27. The number of hydrogen-bond acceptors (Lipinski definition) is 5. The number of sulfonamides is 1. The molecule has 1 aromatic heterocycles. The van der Waals surface area contributed by atoms with Crippen LogP contribution < -0.4 is 14.4 Å². The molecular formula is C28H26ClN3O4S. The molecule has 0 fully saturated rings. The lowest BCUT2D eigenvalue weighted by Crippen LogP contribution is -2.38. The zero-order valence-corrected chi connectivity index (χ0v) is 21.7. The highest BCUT2D eigenvalue weighted by atomic mass is 35.5. The molecule has 1 amide bonds. The monoisotopic (exact) mass is 535 g/mol. The third-order valence-corrected chi connectivity index (χ3v) is 7.56. The Kier molecular flexibility index (Phi) is 8.43. The number of nitrogens with zero attached hydrogens (tertiary/aromatic N) is 2. The van der Waals surface area contributed by atoms with Crippen LogP contribution in [-0.2, 0) is 21.2 Å². The summed E-state index contributed by atoms with van der Waals surface area (Å²) in [6.07, 6.45) is 4.23. The zero-order valence-electron chi connectivity index (χ0n) is 20.2. The van der Waals surface area contributed by atoms with E-state index in [4.69, 9.17) is 16.3 Å². The number of benzene rings is 3. The van der Waals surface area contributed by atoms with E-state index in [-0.39, 0.29) is 4.90 Å². The molecule has 0 unspecified atom stereocenters. The van der Waals surface area contributed by atoms with Gasteiger partial charge in [0.2, 0.25) is 5.91 Å². The molecule has 1 heterocycles. The highest BCUT2D eigenvalue weighted by Crippen LogP contribution is 2.27. The molecule has 0 saturated heterocycles. The Hall–Kier alpha value is -3.88. The van der Waals surface area contributed by atoms with Gasteiger partial charge in [0, 0.05) is 23.1 Å². The smallest absolute Gasteiger partial charge is 0.264 e. The molecular weight excluding hydrogens is 510 g/mol. The Balaban J connectivity index is 1.53. The molecule has 0 aliphatic rings. The van der Waals surface area contributed by atoms with Crippen LogP contribution in [0.25, 0.3) is 0 Å². The van der Waals surface area contributed by atoms with E-state index in [1.165, 1.54) is 24.3 Å². The molecule has 3 aromatic carbocycles. The lowest BCUT2D eigenvalue weighted by molar-refractivity contribution is -0.114. The van der Waals surface area contributed by atoms with Crippen molar-refractivity contribution in [1.29, 1.82) is 0 Å². The second-order valence-electron chi connectivity index (χ2n) is 8.17. The topological polar surface area (TPSA) is 88.6 Å². The minimum absolute atomic E-state index is 0.0269. The van der Waals surface area contributed by atoms with Crippen LogP contribution in [0.5, 0.6) is 5.75 Å². The first-order valence-electron chi connectivity index (χ1n) is 11.6. The molecule has 4 aromatic rings. The van der Waals surface area contributed by atoms with Gasteiger partial charge in [-0.1, -0.05) is 23.7 Å². The van der Waals surface area contributed by atoms with E-state index >= 15 is 0 Å². The number of carbonyl (C=O) groups excluding carboxylic acids is 1. The molecule has 0 atom stereocenters. The van der Waals surface area contributed by atoms with Gasteiger partial charge in [0.1, 0.15) is 12.3 Å². The number of halogens is 1. The summed E-state index contributed by atoms with van der Waals surface area (Å²) >= 11 is 5.95. The Morgan fingerprint density at radius 2 is 1.51 bits per heavy atom. The molecule has 0 saturated carbocycles. The number of carbonyl (C=O) groups is 1. The quantitative estimate of drug-likeness (QED) is 0.287. The second-order valence-corrected chi connectivity index (χ2v) is 10.5. The molecule has 7 nitrogen and oxygen atoms in total. The van der Waals surface area contributed by atoms with Crippen molar-refractivity contribution in [3.8, 4) is 5.75 Å². The van der Waals surface area contributed by atoms with E-state index in [1.54, 1.807) is 48.8 Å². The van der Waals surface area contributed by atoms with Gasteiger partial charge >= 0.3 is 0 Å². The minimum Gasteiger partial charge on any atom is -0.494 e. The first kappa shape index (κ1) is 26.2. The number of nitrogens with one attached hydrogen (secondary N) is 1. The summed E-state index contributed by atoms with van der Waals surface area (Å²) < 4.78 is 33.6. The summed E-state index contributed by atoms with van der Waals surface area (Å²) in [7, 11) is -4.06. The minimum atomic E-state index is -4.06. The predicted octanol–water partition coefficient (Wildman–Crippen LogP) is 5.56. The molecule has 0 spiro atoms. The molecule has 190 valence electrons. The normalized spacial score (nSPS) is 11.1. The molecule has 0 radical (unpaired) electrons. The standard InChI is InChI=1S/C28H26ClN3O4S/c1-2-36-26-11-9-25(10-12-26)32(37(34,35)27-13-5-23(29)6-14-27)20-28(33)31-24-7-3-21(4-8-24)19-22-15-17-30-18-16-22/h3-18H,2,19-20H2,1H3,(H,31,33). The van der Waals surface area contributed by atoms with Gasteiger partial charge in [-0.05, 0) is 97.3 Å². The number of hydrogen-bond donors (Lipinski definition) is 1. The summed E-state index contributed by atoms with van der Waals surface area (Å²) in [4.78, 5) is 17.1. The Morgan fingerprint density at radius 3 is 2.14 bits per heavy atom. The summed E-state index contributed by atoms with van der Waals surface area (Å²) in [5, 5.41) is 3.21. The van der Waals surface area contributed by atoms with Gasteiger partial charge in [0.15, 0.2) is 0 Å². The van der Waals surface area contributed by atoms with Crippen molar-refractivity contribution in [3.63, 3.8) is 0 Å². The molecule has 0 aliphatic carbocycles. The van der Waals surface area contributed by atoms with Gasteiger partial charge in [0.05, 0.1) is 17.2 Å². The van der Waals surface area contributed by atoms with E-state index in [0.29, 0.717) is 28.8 Å². The predicted molar refractivity (Wildman–Crippen MR) is 146 cm³/mol. The first-order chi connectivity index (χ1) is 17.8. The summed E-state index contributed by atoms with van der Waals surface area (Å²) in [6.45, 7) is 1.93. The Labute approximate surface area is 221 Å². The number of amides is 1. The summed E-state index contributed by atoms with van der Waals surface area (Å²) in [5.74, 6) is 0.125. The Morgan fingerprint density at radius 1 is 0.892 bits per heavy atom. The molecule has 0 aliphatic heterocycles. The summed E-state index contributed by atoms with van der Waals surface area (Å²) in [6, 6.07) is 23.7. The van der Waals surface area contributed by atoms with Crippen LogP contribution in [0.2, 0.25) is 5.02 Å². The molecule has 4 rings (SSSR count). The first-order valence-corrected chi connectivity index (χ1v) is 13.5. The third kappa shape index (κ3) is 6.87. The van der Waals surface area contributed by atoms with E-state index in [9.17, 15) is 13.2 Å². The number of anilines is 2. The second kappa shape index (κ2) is 11.9. The van der Waals surface area contributed by atoms with Crippen molar-refractivity contribution in [2.75, 3.05) is 22.8 Å². The van der Waals surface area contributed by atoms with Gasteiger partial charge < -0.3 is 10.1 Å². The van der Waals surface area contributed by atoms with Crippen LogP contribution in [0.4, 0.5) is 11.4 Å². The number of rotatable bonds is 10. The van der Waals surface area contributed by atoms with Gasteiger partial charge in [-0.2, -0.15) is 0 Å². The maximum Gasteiger partial charge on any atom is 0.264 e. The van der Waals surface area contributed by atoms with E-state index in [0.717, 1.165) is 21.9 Å². The van der Waals surface area contributed by atoms with Crippen LogP contribution in [0.3, 0.4) is 0 Å².